The van der Waals surface area contributed by atoms with Gasteiger partial charge < -0.3 is 5.73 Å². The van der Waals surface area contributed by atoms with Crippen LogP contribution in [-0.2, 0) is 19.9 Å². The molecule has 0 aliphatic carbocycles. The molecule has 1 atom stereocenters. The molecule has 0 saturated heterocycles. The van der Waals surface area contributed by atoms with Crippen LogP contribution in [-0.4, -0.2) is 15.8 Å². The molecule has 0 radical (unpaired) electrons. The van der Waals surface area contributed by atoms with E-state index in [4.69, 9.17) is 5.73 Å². The largest absolute Gasteiger partial charge is 0.327 e. The first kappa shape index (κ1) is 13.7. The normalized spacial score (nSPS) is 12.6. The van der Waals surface area contributed by atoms with Crippen LogP contribution in [0.4, 0.5) is 8.78 Å². The van der Waals surface area contributed by atoms with Crippen LogP contribution < -0.4 is 5.73 Å². The van der Waals surface area contributed by atoms with Gasteiger partial charge in [-0.15, -0.1) is 0 Å². The molecular weight excluding hydrogens is 248 g/mol. The first-order valence-electron chi connectivity index (χ1n) is 6.23. The van der Waals surface area contributed by atoms with Crippen molar-refractivity contribution in [3.8, 4) is 0 Å². The Kier molecular flexibility index (Phi) is 4.27. The summed E-state index contributed by atoms with van der Waals surface area (Å²) in [6, 6.07) is 5.91. The van der Waals surface area contributed by atoms with E-state index in [1.54, 1.807) is 16.9 Å². The molecule has 1 aromatic carbocycles. The van der Waals surface area contributed by atoms with E-state index < -0.39 is 11.6 Å². The summed E-state index contributed by atoms with van der Waals surface area (Å²) in [6.07, 6.45) is 3.54. The molecule has 3 nitrogen and oxygen atoms in total. The number of rotatable bonds is 5. The van der Waals surface area contributed by atoms with Crippen molar-refractivity contribution >= 4 is 0 Å². The number of halogens is 2. The Hall–Kier alpha value is -1.75. The number of nitrogens with zero attached hydrogens (tertiary/aromatic N) is 2. The quantitative estimate of drug-likeness (QED) is 0.900. The van der Waals surface area contributed by atoms with Gasteiger partial charge in [0.25, 0.3) is 0 Å². The highest BCUT2D eigenvalue weighted by molar-refractivity contribution is 5.20. The van der Waals surface area contributed by atoms with Gasteiger partial charge in [0.15, 0.2) is 11.6 Å². The van der Waals surface area contributed by atoms with Gasteiger partial charge in [0.1, 0.15) is 0 Å². The van der Waals surface area contributed by atoms with Gasteiger partial charge in [-0.1, -0.05) is 12.1 Å². The molecule has 2 rings (SSSR count). The van der Waals surface area contributed by atoms with Gasteiger partial charge in [-0.3, -0.25) is 4.68 Å². The molecule has 0 amide bonds. The highest BCUT2D eigenvalue weighted by Gasteiger charge is 2.12. The Balaban J connectivity index is 1.92. The van der Waals surface area contributed by atoms with Crippen LogP contribution in [0, 0.1) is 11.6 Å². The lowest BCUT2D eigenvalue weighted by molar-refractivity contribution is 0.489. The molecule has 2 N–H and O–H groups in total. The zero-order valence-electron chi connectivity index (χ0n) is 10.8. The number of nitrogens with two attached hydrogens (primary N) is 1. The van der Waals surface area contributed by atoms with Crippen molar-refractivity contribution in [1.82, 2.24) is 9.78 Å². The summed E-state index contributed by atoms with van der Waals surface area (Å²) in [5.41, 5.74) is 7.38. The molecule has 1 unspecified atom stereocenters. The molecule has 2 aromatic rings. The molecular formula is C14H17F2N3. The van der Waals surface area contributed by atoms with Gasteiger partial charge in [0.05, 0.1) is 0 Å². The van der Waals surface area contributed by atoms with Crippen LogP contribution in [0.15, 0.2) is 30.5 Å². The number of hydrogen-bond donors (Lipinski definition) is 1. The Morgan fingerprint density at radius 1 is 1.32 bits per heavy atom. The van der Waals surface area contributed by atoms with E-state index >= 15 is 0 Å². The fraction of sp³-hybridized carbons (Fsp3) is 0.357. The topological polar surface area (TPSA) is 43.8 Å². The second kappa shape index (κ2) is 5.93. The molecule has 0 bridgehead atoms. The Labute approximate surface area is 111 Å². The zero-order chi connectivity index (χ0) is 13.8. The maximum Gasteiger partial charge on any atom is 0.162 e. The number of benzene rings is 1. The van der Waals surface area contributed by atoms with Crippen LogP contribution in [0.2, 0.25) is 0 Å². The molecule has 0 saturated carbocycles. The minimum absolute atomic E-state index is 0.203. The summed E-state index contributed by atoms with van der Waals surface area (Å²) in [5, 5.41) is 4.07. The van der Waals surface area contributed by atoms with Crippen molar-refractivity contribution in [2.75, 3.05) is 0 Å². The van der Waals surface area contributed by atoms with Crippen LogP contribution in [0.1, 0.15) is 17.7 Å². The SMILES string of the molecule is Cn1nccc1CCC(N)Cc1cccc(F)c1F. The van der Waals surface area contributed by atoms with Gasteiger partial charge in [-0.05, 0) is 37.0 Å². The first-order valence-corrected chi connectivity index (χ1v) is 6.23. The number of aromatic nitrogens is 2. The third-order valence-corrected chi connectivity index (χ3v) is 3.21. The van der Waals surface area contributed by atoms with E-state index in [1.807, 2.05) is 13.1 Å². The van der Waals surface area contributed by atoms with Crippen LogP contribution in [0.3, 0.4) is 0 Å². The standard InChI is InChI=1S/C14H17F2N3/c1-19-12(7-8-18-19)6-5-11(17)9-10-3-2-4-13(15)14(10)16/h2-4,7-8,11H,5-6,9,17H2,1H3. The van der Waals surface area contributed by atoms with E-state index in [-0.39, 0.29) is 6.04 Å². The summed E-state index contributed by atoms with van der Waals surface area (Å²) in [4.78, 5) is 0. The highest BCUT2D eigenvalue weighted by Crippen LogP contribution is 2.14. The van der Waals surface area contributed by atoms with E-state index in [2.05, 4.69) is 5.10 Å². The lowest BCUT2D eigenvalue weighted by Crippen LogP contribution is -2.24. The number of aryl methyl sites for hydroxylation is 2. The van der Waals surface area contributed by atoms with Crippen molar-refractivity contribution in [2.45, 2.75) is 25.3 Å². The van der Waals surface area contributed by atoms with Crippen molar-refractivity contribution in [1.29, 1.82) is 0 Å². The maximum absolute atomic E-state index is 13.5. The van der Waals surface area contributed by atoms with E-state index in [9.17, 15) is 8.78 Å². The Morgan fingerprint density at radius 3 is 2.79 bits per heavy atom. The summed E-state index contributed by atoms with van der Waals surface area (Å²) in [5.74, 6) is -1.62. The van der Waals surface area contributed by atoms with Gasteiger partial charge in [0, 0.05) is 25.0 Å². The minimum atomic E-state index is -0.823. The van der Waals surface area contributed by atoms with E-state index in [0.717, 1.165) is 18.2 Å². The second-order valence-electron chi connectivity index (χ2n) is 4.66. The third kappa shape index (κ3) is 3.38. The molecule has 1 aromatic heterocycles. The summed E-state index contributed by atoms with van der Waals surface area (Å²) in [7, 11) is 1.87. The summed E-state index contributed by atoms with van der Waals surface area (Å²) < 4.78 is 28.3. The fourth-order valence-electron chi connectivity index (χ4n) is 2.07. The van der Waals surface area contributed by atoms with Gasteiger partial charge in [-0.2, -0.15) is 5.10 Å². The van der Waals surface area contributed by atoms with Crippen molar-refractivity contribution in [3.05, 3.63) is 53.4 Å². The summed E-state index contributed by atoms with van der Waals surface area (Å²) in [6.45, 7) is 0. The predicted molar refractivity (Wildman–Crippen MR) is 69.6 cm³/mol. The van der Waals surface area contributed by atoms with Gasteiger partial charge in [0.2, 0.25) is 0 Å². The molecule has 1 heterocycles. The monoisotopic (exact) mass is 265 g/mol. The molecule has 5 heteroatoms. The Bertz CT molecular complexity index is 551. The second-order valence-corrected chi connectivity index (χ2v) is 4.66. The van der Waals surface area contributed by atoms with Crippen molar-refractivity contribution in [2.24, 2.45) is 12.8 Å². The summed E-state index contributed by atoms with van der Waals surface area (Å²) >= 11 is 0. The molecule has 0 aliphatic heterocycles. The third-order valence-electron chi connectivity index (χ3n) is 3.21. The number of hydrogen-bond acceptors (Lipinski definition) is 2. The van der Waals surface area contributed by atoms with E-state index in [0.29, 0.717) is 18.4 Å². The molecule has 19 heavy (non-hydrogen) atoms. The average Bonchev–Trinajstić information content (AvgIpc) is 2.78. The van der Waals surface area contributed by atoms with Crippen molar-refractivity contribution < 1.29 is 8.78 Å². The maximum atomic E-state index is 13.5. The van der Waals surface area contributed by atoms with Crippen LogP contribution in [0.5, 0.6) is 0 Å². The predicted octanol–water partition coefficient (Wildman–Crippen LogP) is 2.20. The smallest absolute Gasteiger partial charge is 0.162 e. The first-order chi connectivity index (χ1) is 9.08. The lowest BCUT2D eigenvalue weighted by atomic mass is 10.0. The van der Waals surface area contributed by atoms with E-state index in [1.165, 1.54) is 6.07 Å². The Morgan fingerprint density at radius 2 is 2.11 bits per heavy atom. The molecule has 0 spiro atoms. The van der Waals surface area contributed by atoms with Crippen LogP contribution >= 0.6 is 0 Å². The van der Waals surface area contributed by atoms with Crippen LogP contribution in [0.25, 0.3) is 0 Å². The fourth-order valence-corrected chi connectivity index (χ4v) is 2.07. The van der Waals surface area contributed by atoms with Gasteiger partial charge in [-0.25, -0.2) is 8.78 Å². The minimum Gasteiger partial charge on any atom is -0.327 e. The zero-order valence-corrected chi connectivity index (χ0v) is 10.8. The lowest BCUT2D eigenvalue weighted by Gasteiger charge is -2.12. The molecule has 0 fully saturated rings. The van der Waals surface area contributed by atoms with Gasteiger partial charge >= 0.3 is 0 Å². The average molecular weight is 265 g/mol. The highest BCUT2D eigenvalue weighted by atomic mass is 19.2. The molecule has 102 valence electrons. The molecule has 0 aliphatic rings. The van der Waals surface area contributed by atoms with Crippen molar-refractivity contribution in [3.63, 3.8) is 0 Å².